The van der Waals surface area contributed by atoms with Crippen molar-refractivity contribution in [1.82, 2.24) is 14.5 Å². The van der Waals surface area contributed by atoms with Crippen molar-refractivity contribution in [2.75, 3.05) is 27.2 Å². The third-order valence-corrected chi connectivity index (χ3v) is 7.50. The van der Waals surface area contributed by atoms with Crippen LogP contribution in [0.25, 0.3) is 0 Å². The minimum atomic E-state index is -3.65. The van der Waals surface area contributed by atoms with Gasteiger partial charge in [0, 0.05) is 27.2 Å². The first kappa shape index (κ1) is 22.7. The summed E-state index contributed by atoms with van der Waals surface area (Å²) in [6, 6.07) is 12.2. The average Bonchev–Trinajstić information content (AvgIpc) is 2.73. The second-order valence-electron chi connectivity index (χ2n) is 7.72. The molecule has 0 atom stereocenters. The van der Waals surface area contributed by atoms with Gasteiger partial charge < -0.3 is 5.32 Å². The minimum absolute atomic E-state index is 0.0348. The van der Waals surface area contributed by atoms with Gasteiger partial charge in [-0.2, -0.15) is 0 Å². The van der Waals surface area contributed by atoms with Gasteiger partial charge in [0.1, 0.15) is 0 Å². The van der Waals surface area contributed by atoms with Crippen molar-refractivity contribution in [2.24, 2.45) is 0 Å². The number of carbonyl (C=O) groups excluding carboxylic acids is 1. The topological polar surface area (TPSA) is 69.7 Å². The number of hydrogen-bond acceptors (Lipinski definition) is 4. The maximum Gasteiger partial charge on any atom is 0.253 e. The number of nitrogens with zero attached hydrogens (tertiary/aromatic N) is 2. The van der Waals surface area contributed by atoms with Crippen LogP contribution in [0.15, 0.2) is 47.4 Å². The third-order valence-electron chi connectivity index (χ3n) is 5.36. The molecule has 8 heteroatoms. The van der Waals surface area contributed by atoms with Crippen LogP contribution in [0.3, 0.4) is 0 Å². The van der Waals surface area contributed by atoms with Gasteiger partial charge in [-0.1, -0.05) is 42.3 Å². The second kappa shape index (κ2) is 9.92. The zero-order chi connectivity index (χ0) is 21.7. The van der Waals surface area contributed by atoms with Gasteiger partial charge >= 0.3 is 0 Å². The van der Waals surface area contributed by atoms with Crippen LogP contribution in [0.4, 0.5) is 0 Å². The molecule has 1 fully saturated rings. The van der Waals surface area contributed by atoms with Gasteiger partial charge in [0.2, 0.25) is 10.0 Å². The van der Waals surface area contributed by atoms with Crippen molar-refractivity contribution in [2.45, 2.75) is 37.2 Å². The summed E-state index contributed by atoms with van der Waals surface area (Å²) in [6.07, 6.45) is 3.74. The van der Waals surface area contributed by atoms with Crippen LogP contribution < -0.4 is 5.32 Å². The summed E-state index contributed by atoms with van der Waals surface area (Å²) in [6.45, 7) is 3.42. The third kappa shape index (κ3) is 5.40. The highest BCUT2D eigenvalue weighted by molar-refractivity contribution is 7.89. The fourth-order valence-corrected chi connectivity index (χ4v) is 4.69. The van der Waals surface area contributed by atoms with Crippen molar-refractivity contribution in [3.8, 4) is 0 Å². The Morgan fingerprint density at radius 1 is 1.07 bits per heavy atom. The van der Waals surface area contributed by atoms with Gasteiger partial charge in [-0.25, -0.2) is 12.7 Å². The first-order valence-corrected chi connectivity index (χ1v) is 11.9. The van der Waals surface area contributed by atoms with Crippen LogP contribution in [0.1, 0.15) is 40.7 Å². The van der Waals surface area contributed by atoms with E-state index in [0.29, 0.717) is 6.54 Å². The molecule has 0 saturated carbocycles. The molecule has 1 N–H and O–H groups in total. The Hall–Kier alpha value is -1.93. The zero-order valence-corrected chi connectivity index (χ0v) is 19.0. The molecule has 0 aromatic heterocycles. The number of hydrogen-bond donors (Lipinski definition) is 1. The van der Waals surface area contributed by atoms with E-state index >= 15 is 0 Å². The van der Waals surface area contributed by atoms with Crippen LogP contribution in [-0.4, -0.2) is 50.7 Å². The van der Waals surface area contributed by atoms with Crippen LogP contribution in [0.5, 0.6) is 0 Å². The Kier molecular flexibility index (Phi) is 7.52. The van der Waals surface area contributed by atoms with E-state index in [4.69, 9.17) is 11.6 Å². The molecule has 0 spiro atoms. The highest BCUT2D eigenvalue weighted by atomic mass is 35.5. The Balaban J connectivity index is 1.73. The van der Waals surface area contributed by atoms with Crippen molar-refractivity contribution in [3.63, 3.8) is 0 Å². The number of amides is 1. The number of benzene rings is 2. The molecule has 0 unspecified atom stereocenters. The van der Waals surface area contributed by atoms with E-state index in [1.807, 2.05) is 18.2 Å². The lowest BCUT2D eigenvalue weighted by molar-refractivity contribution is 0.0950. The summed E-state index contributed by atoms with van der Waals surface area (Å²) < 4.78 is 25.9. The summed E-state index contributed by atoms with van der Waals surface area (Å²) in [5.41, 5.74) is 2.38. The molecule has 0 bridgehead atoms. The van der Waals surface area contributed by atoms with Crippen LogP contribution in [0, 0.1) is 0 Å². The van der Waals surface area contributed by atoms with E-state index in [2.05, 4.69) is 16.3 Å². The number of rotatable bonds is 7. The van der Waals surface area contributed by atoms with E-state index in [-0.39, 0.29) is 15.5 Å². The van der Waals surface area contributed by atoms with E-state index in [1.165, 1.54) is 57.1 Å². The average molecular weight is 450 g/mol. The van der Waals surface area contributed by atoms with E-state index in [0.717, 1.165) is 29.5 Å². The molecule has 30 heavy (non-hydrogen) atoms. The van der Waals surface area contributed by atoms with Crippen molar-refractivity contribution in [3.05, 3.63) is 64.2 Å². The highest BCUT2D eigenvalue weighted by Gasteiger charge is 2.21. The van der Waals surface area contributed by atoms with Crippen LogP contribution in [-0.2, 0) is 23.1 Å². The molecule has 0 radical (unpaired) electrons. The normalized spacial score (nSPS) is 15.3. The molecule has 1 heterocycles. The summed E-state index contributed by atoms with van der Waals surface area (Å²) in [5, 5.41) is 3.11. The minimum Gasteiger partial charge on any atom is -0.348 e. The summed E-state index contributed by atoms with van der Waals surface area (Å²) in [5.74, 6) is -0.399. The van der Waals surface area contributed by atoms with Crippen molar-refractivity contribution >= 4 is 27.5 Å². The van der Waals surface area contributed by atoms with Crippen molar-refractivity contribution in [1.29, 1.82) is 0 Å². The summed E-state index contributed by atoms with van der Waals surface area (Å²) in [4.78, 5) is 15.3. The predicted octanol–water partition coefficient (Wildman–Crippen LogP) is 3.51. The molecule has 0 aliphatic carbocycles. The second-order valence-corrected chi connectivity index (χ2v) is 10.3. The Labute approximate surface area is 183 Å². The molecule has 6 nitrogen and oxygen atoms in total. The van der Waals surface area contributed by atoms with E-state index in [1.54, 1.807) is 0 Å². The lowest BCUT2D eigenvalue weighted by Gasteiger charge is -2.27. The highest BCUT2D eigenvalue weighted by Crippen LogP contribution is 2.22. The van der Waals surface area contributed by atoms with Gasteiger partial charge in [-0.15, -0.1) is 0 Å². The molecule has 1 aliphatic rings. The Morgan fingerprint density at radius 2 is 1.73 bits per heavy atom. The first-order valence-electron chi connectivity index (χ1n) is 10.1. The largest absolute Gasteiger partial charge is 0.348 e. The molecular formula is C22H28ClN3O3S. The number of nitrogens with one attached hydrogen (secondary N) is 1. The first-order chi connectivity index (χ1) is 14.3. The van der Waals surface area contributed by atoms with Crippen LogP contribution in [0.2, 0.25) is 5.02 Å². The number of sulfonamides is 1. The van der Waals surface area contributed by atoms with Gasteiger partial charge in [0.15, 0.2) is 0 Å². The van der Waals surface area contributed by atoms with E-state index < -0.39 is 15.9 Å². The number of likely N-dealkylation sites (tertiary alicyclic amines) is 1. The predicted molar refractivity (Wildman–Crippen MR) is 119 cm³/mol. The molecular weight excluding hydrogens is 422 g/mol. The molecule has 162 valence electrons. The van der Waals surface area contributed by atoms with Gasteiger partial charge in [-0.05, 0) is 55.3 Å². The van der Waals surface area contributed by atoms with Crippen molar-refractivity contribution < 1.29 is 13.2 Å². The molecule has 2 aromatic carbocycles. The lowest BCUT2D eigenvalue weighted by atomic mass is 10.0. The van der Waals surface area contributed by atoms with Gasteiger partial charge in [0.25, 0.3) is 5.91 Å². The molecule has 1 aliphatic heterocycles. The Morgan fingerprint density at radius 3 is 2.40 bits per heavy atom. The molecule has 1 amide bonds. The summed E-state index contributed by atoms with van der Waals surface area (Å²) >= 11 is 6.19. The molecule has 2 aromatic rings. The lowest BCUT2D eigenvalue weighted by Crippen LogP contribution is -2.30. The fraction of sp³-hybridized carbons (Fsp3) is 0.409. The smallest absolute Gasteiger partial charge is 0.253 e. The maximum absolute atomic E-state index is 12.8. The number of halogens is 1. The monoisotopic (exact) mass is 449 g/mol. The standard InChI is InChI=1S/C22H28ClN3O3S/c1-25(2)30(28,29)19-10-11-21(23)20(14-19)22(27)24-15-17-8-4-5-9-18(17)16-26-12-6-3-7-13-26/h4-5,8-11,14H,3,6-7,12-13,15-16H2,1-2H3,(H,24,27). The number of carbonyl (C=O) groups is 1. The van der Waals surface area contributed by atoms with Gasteiger partial charge in [-0.3, -0.25) is 9.69 Å². The molecule has 3 rings (SSSR count). The number of piperidine rings is 1. The fourth-order valence-electron chi connectivity index (χ4n) is 3.56. The Bertz CT molecular complexity index is 1000. The van der Waals surface area contributed by atoms with Gasteiger partial charge in [0.05, 0.1) is 15.5 Å². The van der Waals surface area contributed by atoms with Crippen LogP contribution >= 0.6 is 11.6 Å². The zero-order valence-electron chi connectivity index (χ0n) is 17.4. The molecule has 1 saturated heterocycles. The van der Waals surface area contributed by atoms with E-state index in [9.17, 15) is 13.2 Å². The SMILES string of the molecule is CN(C)S(=O)(=O)c1ccc(Cl)c(C(=O)NCc2ccccc2CN2CCCCC2)c1. The summed E-state index contributed by atoms with van der Waals surface area (Å²) in [7, 11) is -0.756. The quantitative estimate of drug-likeness (QED) is 0.702. The maximum atomic E-state index is 12.8.